The number of rotatable bonds is 6. The van der Waals surface area contributed by atoms with E-state index in [2.05, 4.69) is 10.3 Å². The van der Waals surface area contributed by atoms with Gasteiger partial charge in [-0.05, 0) is 35.9 Å². The van der Waals surface area contributed by atoms with Crippen molar-refractivity contribution in [1.29, 1.82) is 0 Å². The number of nitrogens with one attached hydrogen (secondary N) is 2. The molecule has 0 saturated heterocycles. The van der Waals surface area contributed by atoms with Crippen molar-refractivity contribution >= 4 is 23.2 Å². The molecule has 1 aromatic heterocycles. The van der Waals surface area contributed by atoms with Crippen LogP contribution in [-0.4, -0.2) is 24.5 Å². The average molecular weight is 470 g/mol. The van der Waals surface area contributed by atoms with Crippen LogP contribution in [0.1, 0.15) is 21.6 Å². The molecule has 4 nitrogen and oxygen atoms in total. The minimum atomic E-state index is -4.80. The number of alkyl halides is 5. The Hall–Kier alpha value is -3.20. The molecule has 3 aromatic rings. The number of nitrogens with zero attached hydrogens (tertiary/aromatic N) is 1. The number of aromatic nitrogens is 1. The number of anilines is 1. The molecule has 2 aromatic carbocycles. The summed E-state index contributed by atoms with van der Waals surface area (Å²) in [6.07, 6.45) is -3.59. The predicted octanol–water partition coefficient (Wildman–Crippen LogP) is 5.98. The first-order valence-corrected chi connectivity index (χ1v) is 9.67. The monoisotopic (exact) mass is 469 g/mol. The SMILES string of the molecule is CNc1ccc(-c2cnc(C(F)(F)CNC(=O)c3ccccc3C(F)(F)F)c(Cl)c2)cc1. The van der Waals surface area contributed by atoms with Gasteiger partial charge in [0.05, 0.1) is 22.7 Å². The molecule has 32 heavy (non-hydrogen) atoms. The lowest BCUT2D eigenvalue weighted by Gasteiger charge is -2.19. The summed E-state index contributed by atoms with van der Waals surface area (Å²) in [5.74, 6) is -5.00. The second-order valence-corrected chi connectivity index (χ2v) is 7.22. The van der Waals surface area contributed by atoms with Crippen LogP contribution in [0.2, 0.25) is 5.02 Å². The average Bonchev–Trinajstić information content (AvgIpc) is 2.76. The van der Waals surface area contributed by atoms with Crippen molar-refractivity contribution in [3.05, 3.63) is 82.6 Å². The molecule has 0 atom stereocenters. The van der Waals surface area contributed by atoms with Gasteiger partial charge in [-0.3, -0.25) is 9.78 Å². The minimum absolute atomic E-state index is 0.338. The molecule has 1 heterocycles. The zero-order valence-corrected chi connectivity index (χ0v) is 17.4. The maximum absolute atomic E-state index is 14.7. The number of halogens is 6. The number of pyridine rings is 1. The summed E-state index contributed by atoms with van der Waals surface area (Å²) in [4.78, 5) is 15.9. The zero-order valence-electron chi connectivity index (χ0n) is 16.6. The summed E-state index contributed by atoms with van der Waals surface area (Å²) in [6, 6.07) is 12.3. The van der Waals surface area contributed by atoms with Crippen molar-refractivity contribution in [2.24, 2.45) is 0 Å². The molecule has 0 bridgehead atoms. The first-order valence-electron chi connectivity index (χ1n) is 9.29. The summed E-state index contributed by atoms with van der Waals surface area (Å²) in [5, 5.41) is 4.46. The maximum atomic E-state index is 14.7. The van der Waals surface area contributed by atoms with Crippen molar-refractivity contribution in [2.45, 2.75) is 12.1 Å². The van der Waals surface area contributed by atoms with Crippen molar-refractivity contribution in [1.82, 2.24) is 10.3 Å². The molecular formula is C22H17ClF5N3O. The van der Waals surface area contributed by atoms with Crippen molar-refractivity contribution in [3.63, 3.8) is 0 Å². The number of benzene rings is 2. The van der Waals surface area contributed by atoms with Crippen LogP contribution in [0.15, 0.2) is 60.8 Å². The summed E-state index contributed by atoms with van der Waals surface area (Å²) in [6.45, 7) is -1.28. The molecule has 0 spiro atoms. The molecule has 3 rings (SSSR count). The first kappa shape index (κ1) is 23.5. The first-order chi connectivity index (χ1) is 15.0. The fraction of sp³-hybridized carbons (Fsp3) is 0.182. The van der Waals surface area contributed by atoms with E-state index >= 15 is 0 Å². The van der Waals surface area contributed by atoms with Gasteiger partial charge in [0.15, 0.2) is 0 Å². The van der Waals surface area contributed by atoms with Gasteiger partial charge in [0.2, 0.25) is 0 Å². The van der Waals surface area contributed by atoms with Crippen molar-refractivity contribution in [2.75, 3.05) is 18.9 Å². The molecule has 10 heteroatoms. The molecule has 0 saturated carbocycles. The lowest BCUT2D eigenvalue weighted by atomic mass is 10.1. The highest BCUT2D eigenvalue weighted by Gasteiger charge is 2.38. The van der Waals surface area contributed by atoms with E-state index in [0.717, 1.165) is 17.8 Å². The van der Waals surface area contributed by atoms with E-state index in [-0.39, 0.29) is 5.02 Å². The van der Waals surface area contributed by atoms with E-state index in [9.17, 15) is 26.7 Å². The van der Waals surface area contributed by atoms with Gasteiger partial charge in [0.25, 0.3) is 5.91 Å². The Balaban J connectivity index is 1.77. The summed E-state index contributed by atoms with van der Waals surface area (Å²) in [7, 11) is 1.75. The zero-order chi connectivity index (χ0) is 23.5. The highest BCUT2D eigenvalue weighted by atomic mass is 35.5. The van der Waals surface area contributed by atoms with E-state index in [1.165, 1.54) is 18.3 Å². The Morgan fingerprint density at radius 2 is 1.66 bits per heavy atom. The van der Waals surface area contributed by atoms with Gasteiger partial charge in [-0.15, -0.1) is 0 Å². The van der Waals surface area contributed by atoms with Gasteiger partial charge in [-0.2, -0.15) is 22.0 Å². The van der Waals surface area contributed by atoms with Crippen molar-refractivity contribution < 1.29 is 26.7 Å². The highest BCUT2D eigenvalue weighted by Crippen LogP contribution is 2.35. The highest BCUT2D eigenvalue weighted by molar-refractivity contribution is 6.31. The number of carbonyl (C=O) groups excluding carboxylic acids is 1. The molecular weight excluding hydrogens is 453 g/mol. The van der Waals surface area contributed by atoms with Crippen LogP contribution in [0.3, 0.4) is 0 Å². The molecule has 0 unspecified atom stereocenters. The lowest BCUT2D eigenvalue weighted by molar-refractivity contribution is -0.137. The van der Waals surface area contributed by atoms with E-state index in [1.54, 1.807) is 31.3 Å². The topological polar surface area (TPSA) is 54.0 Å². The molecule has 2 N–H and O–H groups in total. The fourth-order valence-electron chi connectivity index (χ4n) is 2.99. The predicted molar refractivity (Wildman–Crippen MR) is 112 cm³/mol. The van der Waals surface area contributed by atoms with Crippen LogP contribution in [0.5, 0.6) is 0 Å². The molecule has 0 aliphatic rings. The number of amides is 1. The van der Waals surface area contributed by atoms with Crippen molar-refractivity contribution in [3.8, 4) is 11.1 Å². The minimum Gasteiger partial charge on any atom is -0.388 e. The number of hydrogen-bond donors (Lipinski definition) is 2. The van der Waals surface area contributed by atoms with E-state index < -0.39 is 41.4 Å². The summed E-state index contributed by atoms with van der Waals surface area (Å²) < 4.78 is 68.5. The molecule has 168 valence electrons. The smallest absolute Gasteiger partial charge is 0.388 e. The normalized spacial score (nSPS) is 11.8. The molecule has 0 aliphatic heterocycles. The van der Waals surface area contributed by atoms with Gasteiger partial charge in [0, 0.05) is 24.5 Å². The van der Waals surface area contributed by atoms with E-state index in [0.29, 0.717) is 17.2 Å². The number of carbonyl (C=O) groups is 1. The van der Waals surface area contributed by atoms with Crippen LogP contribution in [0.4, 0.5) is 27.6 Å². The standard InChI is InChI=1S/C22H17ClF5N3O/c1-29-15-8-6-13(7-9-15)14-10-18(23)19(30-11-14)21(24,25)12-31-20(32)16-4-2-3-5-17(16)22(26,27)28/h2-11,29H,12H2,1H3,(H,31,32). The summed E-state index contributed by atoms with van der Waals surface area (Å²) >= 11 is 6.02. The second kappa shape index (κ2) is 9.12. The van der Waals surface area contributed by atoms with Crippen LogP contribution in [0.25, 0.3) is 11.1 Å². The third kappa shape index (κ3) is 5.16. The Bertz CT molecular complexity index is 1120. The van der Waals surface area contributed by atoms with E-state index in [1.807, 2.05) is 5.32 Å². The Morgan fingerprint density at radius 1 is 1.00 bits per heavy atom. The van der Waals surface area contributed by atoms with Crippen LogP contribution >= 0.6 is 11.6 Å². The van der Waals surface area contributed by atoms with Gasteiger partial charge in [0.1, 0.15) is 5.69 Å². The number of hydrogen-bond acceptors (Lipinski definition) is 3. The van der Waals surface area contributed by atoms with Gasteiger partial charge < -0.3 is 10.6 Å². The molecule has 0 radical (unpaired) electrons. The third-order valence-electron chi connectivity index (χ3n) is 4.64. The fourth-order valence-corrected chi connectivity index (χ4v) is 3.30. The third-order valence-corrected chi connectivity index (χ3v) is 4.93. The van der Waals surface area contributed by atoms with Gasteiger partial charge in [-0.25, -0.2) is 0 Å². The molecule has 0 fully saturated rings. The molecule has 0 aliphatic carbocycles. The Labute approximate surface area is 185 Å². The van der Waals surface area contributed by atoms with Gasteiger partial charge in [-0.1, -0.05) is 35.9 Å². The van der Waals surface area contributed by atoms with E-state index in [4.69, 9.17) is 11.6 Å². The largest absolute Gasteiger partial charge is 0.417 e. The maximum Gasteiger partial charge on any atom is 0.417 e. The van der Waals surface area contributed by atoms with Crippen LogP contribution in [0, 0.1) is 0 Å². The lowest BCUT2D eigenvalue weighted by Crippen LogP contribution is -2.36. The Kier molecular flexibility index (Phi) is 6.68. The quantitative estimate of drug-likeness (QED) is 0.436. The van der Waals surface area contributed by atoms with Crippen LogP contribution in [-0.2, 0) is 12.1 Å². The second-order valence-electron chi connectivity index (χ2n) is 6.81. The molecule has 1 amide bonds. The Morgan fingerprint density at radius 3 is 2.25 bits per heavy atom. The van der Waals surface area contributed by atoms with Crippen LogP contribution < -0.4 is 10.6 Å². The summed E-state index contributed by atoms with van der Waals surface area (Å²) in [5.41, 5.74) is -0.704. The van der Waals surface area contributed by atoms with Gasteiger partial charge >= 0.3 is 12.1 Å².